The molecule has 0 atom stereocenters. The number of aromatic nitrogens is 2. The Kier molecular flexibility index (Phi) is 2.93. The first kappa shape index (κ1) is 9.01. The molecule has 0 unspecified atom stereocenters. The summed E-state index contributed by atoms with van der Waals surface area (Å²) in [6.07, 6.45) is 1.35. The molecule has 0 saturated heterocycles. The van der Waals surface area contributed by atoms with Gasteiger partial charge in [-0.25, -0.2) is 14.4 Å². The molecule has 1 rings (SSSR count). The third kappa shape index (κ3) is 1.50. The molecule has 0 aliphatic heterocycles. The molecule has 0 bridgehead atoms. The highest BCUT2D eigenvalue weighted by Gasteiger charge is 1.99. The molecule has 0 aliphatic carbocycles. The van der Waals surface area contributed by atoms with E-state index >= 15 is 0 Å². The van der Waals surface area contributed by atoms with E-state index in [1.54, 1.807) is 13.8 Å². The Bertz CT molecular complexity index is 203. The predicted octanol–water partition coefficient (Wildman–Crippen LogP) is 1.87. The summed E-state index contributed by atoms with van der Waals surface area (Å²) in [6.45, 7) is 3.23. The molecule has 0 spiro atoms. The summed E-state index contributed by atoms with van der Waals surface area (Å²) in [5, 5.41) is 0. The van der Waals surface area contributed by atoms with Gasteiger partial charge in [0.1, 0.15) is 6.33 Å². The van der Waals surface area contributed by atoms with E-state index in [1.165, 1.54) is 6.33 Å². The minimum Gasteiger partial charge on any atom is -0.239 e. The zero-order valence-electron chi connectivity index (χ0n) is 5.35. The van der Waals surface area contributed by atoms with Crippen LogP contribution in [0.15, 0.2) is 6.33 Å². The second-order valence-electron chi connectivity index (χ2n) is 1.86. The van der Waals surface area contributed by atoms with Crippen molar-refractivity contribution < 1.29 is 4.39 Å². The molecule has 0 aliphatic rings. The summed E-state index contributed by atoms with van der Waals surface area (Å²) < 4.78 is 12.6. The van der Waals surface area contributed by atoms with Crippen molar-refractivity contribution >= 4 is 0 Å². The average molecular weight is 142 g/mol. The third-order valence-corrected chi connectivity index (χ3v) is 1.14. The lowest BCUT2D eigenvalue weighted by Crippen LogP contribution is -1.93. The zero-order chi connectivity index (χ0) is 6.85. The van der Waals surface area contributed by atoms with Crippen LogP contribution in [0.25, 0.3) is 0 Å². The van der Waals surface area contributed by atoms with Gasteiger partial charge in [0.2, 0.25) is 0 Å². The van der Waals surface area contributed by atoms with Crippen molar-refractivity contribution in [2.45, 2.75) is 21.3 Å². The van der Waals surface area contributed by atoms with Crippen LogP contribution in [0.3, 0.4) is 0 Å². The van der Waals surface area contributed by atoms with Crippen molar-refractivity contribution in [1.82, 2.24) is 9.97 Å². The molecular formula is C7H11FN2. The van der Waals surface area contributed by atoms with Crippen LogP contribution < -0.4 is 0 Å². The molecular weight excluding hydrogens is 131 g/mol. The van der Waals surface area contributed by atoms with Crippen LogP contribution in [0.2, 0.25) is 0 Å². The van der Waals surface area contributed by atoms with Gasteiger partial charge in [-0.2, -0.15) is 0 Å². The summed E-state index contributed by atoms with van der Waals surface area (Å²) in [7, 11) is 0. The van der Waals surface area contributed by atoms with Gasteiger partial charge in [-0.15, -0.1) is 0 Å². The Balaban J connectivity index is 0.000000810. The molecule has 0 saturated carbocycles. The maximum absolute atomic E-state index is 12.6. The van der Waals surface area contributed by atoms with Gasteiger partial charge < -0.3 is 0 Å². The molecule has 0 radical (unpaired) electrons. The maximum Gasteiger partial charge on any atom is 0.165 e. The highest BCUT2D eigenvalue weighted by Crippen LogP contribution is 2.02. The van der Waals surface area contributed by atoms with E-state index in [0.29, 0.717) is 11.4 Å². The van der Waals surface area contributed by atoms with Gasteiger partial charge in [0, 0.05) is 0 Å². The van der Waals surface area contributed by atoms with E-state index in [2.05, 4.69) is 9.97 Å². The molecule has 0 fully saturated rings. The number of hydrogen-bond donors (Lipinski definition) is 0. The van der Waals surface area contributed by atoms with Crippen molar-refractivity contribution in [1.29, 1.82) is 0 Å². The normalized spacial score (nSPS) is 8.70. The lowest BCUT2D eigenvalue weighted by Gasteiger charge is -1.94. The number of halogens is 1. The lowest BCUT2D eigenvalue weighted by molar-refractivity contribution is 0.589. The van der Waals surface area contributed by atoms with Crippen LogP contribution in [-0.2, 0) is 0 Å². The molecule has 1 aromatic heterocycles. The van der Waals surface area contributed by atoms with E-state index in [4.69, 9.17) is 0 Å². The molecule has 0 N–H and O–H groups in total. The van der Waals surface area contributed by atoms with Crippen LogP contribution in [0.4, 0.5) is 4.39 Å². The molecule has 2 nitrogen and oxygen atoms in total. The smallest absolute Gasteiger partial charge is 0.165 e. The highest BCUT2D eigenvalue weighted by molar-refractivity contribution is 5.07. The fraction of sp³-hybridized carbons (Fsp3) is 0.429. The predicted molar refractivity (Wildman–Crippen MR) is 38.2 cm³/mol. The molecule has 10 heavy (non-hydrogen) atoms. The molecule has 1 heterocycles. The van der Waals surface area contributed by atoms with Crippen LogP contribution in [-0.4, -0.2) is 9.97 Å². The van der Waals surface area contributed by atoms with Crippen molar-refractivity contribution in [2.75, 3.05) is 0 Å². The van der Waals surface area contributed by atoms with Crippen LogP contribution in [0.5, 0.6) is 0 Å². The Hall–Kier alpha value is -0.990. The molecule has 0 amide bonds. The second-order valence-corrected chi connectivity index (χ2v) is 1.86. The van der Waals surface area contributed by atoms with Gasteiger partial charge in [0.25, 0.3) is 0 Å². The Labute approximate surface area is 60.1 Å². The van der Waals surface area contributed by atoms with Crippen molar-refractivity contribution in [3.05, 3.63) is 23.5 Å². The number of aryl methyl sites for hydroxylation is 2. The Morgan fingerprint density at radius 3 is 1.90 bits per heavy atom. The third-order valence-electron chi connectivity index (χ3n) is 1.14. The van der Waals surface area contributed by atoms with E-state index in [9.17, 15) is 4.39 Å². The summed E-state index contributed by atoms with van der Waals surface area (Å²) in [5.41, 5.74) is 0.810. The van der Waals surface area contributed by atoms with Gasteiger partial charge in [-0.3, -0.25) is 0 Å². The van der Waals surface area contributed by atoms with E-state index in [-0.39, 0.29) is 13.2 Å². The van der Waals surface area contributed by atoms with Gasteiger partial charge in [-0.1, -0.05) is 7.43 Å². The topological polar surface area (TPSA) is 25.8 Å². The summed E-state index contributed by atoms with van der Waals surface area (Å²) in [5.74, 6) is -0.308. The maximum atomic E-state index is 12.6. The summed E-state index contributed by atoms with van der Waals surface area (Å²) in [6, 6.07) is 0. The van der Waals surface area contributed by atoms with Crippen LogP contribution >= 0.6 is 0 Å². The zero-order valence-corrected chi connectivity index (χ0v) is 5.35. The first-order valence-electron chi connectivity index (χ1n) is 2.65. The van der Waals surface area contributed by atoms with Gasteiger partial charge in [-0.05, 0) is 13.8 Å². The van der Waals surface area contributed by atoms with E-state index in [0.717, 1.165) is 0 Å². The first-order valence-corrected chi connectivity index (χ1v) is 2.65. The minimum absolute atomic E-state index is 0. The van der Waals surface area contributed by atoms with E-state index in [1.807, 2.05) is 0 Å². The standard InChI is InChI=1S/C6H7FN2.CH4/c1-4-6(7)5(2)9-3-8-4;/h3H,1-2H3;1H4. The minimum atomic E-state index is -0.308. The SMILES string of the molecule is C.Cc1ncnc(C)c1F. The first-order chi connectivity index (χ1) is 4.22. The van der Waals surface area contributed by atoms with Crippen LogP contribution in [0.1, 0.15) is 18.8 Å². The van der Waals surface area contributed by atoms with Gasteiger partial charge in [0.05, 0.1) is 11.4 Å². The molecule has 1 aromatic rings. The largest absolute Gasteiger partial charge is 0.239 e. The highest BCUT2D eigenvalue weighted by atomic mass is 19.1. The molecule has 56 valence electrons. The van der Waals surface area contributed by atoms with Crippen LogP contribution in [0, 0.1) is 19.7 Å². The van der Waals surface area contributed by atoms with Gasteiger partial charge >= 0.3 is 0 Å². The Morgan fingerprint density at radius 1 is 1.20 bits per heavy atom. The molecule has 3 heteroatoms. The van der Waals surface area contributed by atoms with Crippen molar-refractivity contribution in [3.8, 4) is 0 Å². The van der Waals surface area contributed by atoms with Gasteiger partial charge in [0.15, 0.2) is 5.82 Å². The second kappa shape index (κ2) is 3.25. The Morgan fingerprint density at radius 2 is 1.60 bits per heavy atom. The fourth-order valence-corrected chi connectivity index (χ4v) is 0.577. The fourth-order valence-electron chi connectivity index (χ4n) is 0.577. The summed E-state index contributed by atoms with van der Waals surface area (Å²) in [4.78, 5) is 7.31. The summed E-state index contributed by atoms with van der Waals surface area (Å²) >= 11 is 0. The molecule has 0 aromatic carbocycles. The van der Waals surface area contributed by atoms with Crippen molar-refractivity contribution in [2.24, 2.45) is 0 Å². The van der Waals surface area contributed by atoms with Crippen molar-refractivity contribution in [3.63, 3.8) is 0 Å². The number of hydrogen-bond acceptors (Lipinski definition) is 2. The quantitative estimate of drug-likeness (QED) is 0.552. The van der Waals surface area contributed by atoms with E-state index < -0.39 is 0 Å². The monoisotopic (exact) mass is 142 g/mol. The number of nitrogens with zero attached hydrogens (tertiary/aromatic N) is 2. The number of rotatable bonds is 0. The lowest BCUT2D eigenvalue weighted by atomic mass is 10.3. The average Bonchev–Trinajstić information content (AvgIpc) is 1.83.